The van der Waals surface area contributed by atoms with Crippen molar-refractivity contribution in [3.8, 4) is 0 Å². The molecule has 0 aliphatic carbocycles. The molecule has 0 radical (unpaired) electrons. The third-order valence-electron chi connectivity index (χ3n) is 2.07. The molecule has 13 heavy (non-hydrogen) atoms. The molecular formula is C9H24AlN3. The van der Waals surface area contributed by atoms with Crippen LogP contribution < -0.4 is 0 Å². The standard InChI is InChI=1S/C9H22N3.Al.2H/c1-10-6-9-12(4)8-5-7-11(2)3;;;/h5-9H2,1-4H3;;;/q-1;+1;;. The monoisotopic (exact) mass is 201 g/mol. The number of nitrogens with zero attached hydrogens (tertiary/aromatic N) is 3. The van der Waals surface area contributed by atoms with Gasteiger partial charge in [-0.1, -0.05) is 0 Å². The molecule has 0 rings (SSSR count). The lowest BCUT2D eigenvalue weighted by atomic mass is 10.3. The molecule has 0 saturated carbocycles. The van der Waals surface area contributed by atoms with Crippen molar-refractivity contribution in [2.24, 2.45) is 0 Å². The van der Waals surface area contributed by atoms with Crippen molar-refractivity contribution in [2.45, 2.75) is 6.42 Å². The summed E-state index contributed by atoms with van der Waals surface area (Å²) in [5.41, 5.74) is 0. The van der Waals surface area contributed by atoms with Gasteiger partial charge < -0.3 is 13.7 Å². The fourth-order valence-corrected chi connectivity index (χ4v) is 1.34. The van der Waals surface area contributed by atoms with Crippen molar-refractivity contribution in [1.29, 1.82) is 0 Å². The van der Waals surface area contributed by atoms with E-state index in [1.165, 1.54) is 49.1 Å². The van der Waals surface area contributed by atoms with Gasteiger partial charge in [0.2, 0.25) is 0 Å². The summed E-state index contributed by atoms with van der Waals surface area (Å²) in [5, 5.41) is 0. The summed E-state index contributed by atoms with van der Waals surface area (Å²) < 4.78 is 2.36. The lowest BCUT2D eigenvalue weighted by Gasteiger charge is -2.20. The summed E-state index contributed by atoms with van der Waals surface area (Å²) in [6.45, 7) is 4.83. The van der Waals surface area contributed by atoms with Crippen molar-refractivity contribution in [1.82, 2.24) is 13.7 Å². The summed E-state index contributed by atoms with van der Waals surface area (Å²) in [6.07, 6.45) is 1.27. The molecule has 0 atom stereocenters. The van der Waals surface area contributed by atoms with E-state index in [4.69, 9.17) is 0 Å². The van der Waals surface area contributed by atoms with E-state index in [1.54, 1.807) is 0 Å². The van der Waals surface area contributed by atoms with Crippen LogP contribution in [0.2, 0.25) is 0 Å². The van der Waals surface area contributed by atoms with Crippen LogP contribution in [0.4, 0.5) is 0 Å². The van der Waals surface area contributed by atoms with Crippen LogP contribution in [0.3, 0.4) is 0 Å². The maximum Gasteiger partial charge on any atom is 0.321 e. The molecule has 0 bridgehead atoms. The Kier molecular flexibility index (Phi) is 8.03. The quantitative estimate of drug-likeness (QED) is 0.507. The average Bonchev–Trinajstić information content (AvgIpc) is 2.00. The molecule has 0 aromatic heterocycles. The SMILES string of the molecule is CN(C)CCCN(C)CC[N](C)[AlH2]. The zero-order valence-corrected chi connectivity index (χ0v) is 11.9. The fourth-order valence-electron chi connectivity index (χ4n) is 1.14. The highest BCUT2D eigenvalue weighted by molar-refractivity contribution is 6.04. The maximum absolute atomic E-state index is 2.41. The topological polar surface area (TPSA) is 9.72 Å². The van der Waals surface area contributed by atoms with Gasteiger partial charge in [-0.05, 0) is 54.2 Å². The predicted molar refractivity (Wildman–Crippen MR) is 61.8 cm³/mol. The van der Waals surface area contributed by atoms with Crippen molar-refractivity contribution in [2.75, 3.05) is 54.4 Å². The molecule has 0 aromatic rings. The van der Waals surface area contributed by atoms with Crippen LogP contribution in [0.5, 0.6) is 0 Å². The lowest BCUT2D eigenvalue weighted by molar-refractivity contribution is 0.286. The Morgan fingerprint density at radius 3 is 1.92 bits per heavy atom. The first-order valence-electron chi connectivity index (χ1n) is 5.00. The second-order valence-electron chi connectivity index (χ2n) is 4.26. The molecular weight excluding hydrogens is 177 g/mol. The van der Waals surface area contributed by atoms with Gasteiger partial charge in [0, 0.05) is 6.54 Å². The van der Waals surface area contributed by atoms with Gasteiger partial charge in [0.05, 0.1) is 0 Å². The minimum atomic E-state index is 1.18. The molecule has 78 valence electrons. The zero-order valence-electron chi connectivity index (χ0n) is 9.88. The summed E-state index contributed by atoms with van der Waals surface area (Å²) in [7, 11) is 8.65. The molecule has 0 amide bonds. The Hall–Kier alpha value is 0.412. The second-order valence-corrected chi connectivity index (χ2v) is 5.79. The first kappa shape index (κ1) is 13.4. The van der Waals surface area contributed by atoms with Crippen LogP contribution in [-0.4, -0.2) is 84.6 Å². The van der Waals surface area contributed by atoms with Gasteiger partial charge in [-0.2, -0.15) is 0 Å². The van der Waals surface area contributed by atoms with Crippen LogP contribution in [0.15, 0.2) is 0 Å². The number of hydrogen-bond acceptors (Lipinski definition) is 3. The van der Waals surface area contributed by atoms with E-state index in [2.05, 4.69) is 41.9 Å². The second kappa shape index (κ2) is 7.78. The van der Waals surface area contributed by atoms with Gasteiger partial charge >= 0.3 is 16.5 Å². The maximum atomic E-state index is 2.41. The highest BCUT2D eigenvalue weighted by Gasteiger charge is 1.98. The van der Waals surface area contributed by atoms with Crippen LogP contribution in [0.1, 0.15) is 6.42 Å². The van der Waals surface area contributed by atoms with Gasteiger partial charge in [0.1, 0.15) is 0 Å². The molecule has 0 heterocycles. The zero-order chi connectivity index (χ0) is 10.3. The van der Waals surface area contributed by atoms with Crippen molar-refractivity contribution in [3.05, 3.63) is 0 Å². The molecule has 0 aliphatic rings. The summed E-state index contributed by atoms with van der Waals surface area (Å²) in [6, 6.07) is 0. The van der Waals surface area contributed by atoms with E-state index in [0.717, 1.165) is 0 Å². The van der Waals surface area contributed by atoms with Gasteiger partial charge in [-0.15, -0.1) is 0 Å². The van der Waals surface area contributed by atoms with Crippen LogP contribution in [0.25, 0.3) is 0 Å². The molecule has 0 aromatic carbocycles. The molecule has 0 aliphatic heterocycles. The molecule has 0 N–H and O–H groups in total. The number of likely N-dealkylation sites (N-methyl/N-ethyl adjacent to an activating group) is 2. The van der Waals surface area contributed by atoms with E-state index in [0.29, 0.717) is 0 Å². The Morgan fingerprint density at radius 1 is 0.846 bits per heavy atom. The fraction of sp³-hybridized carbons (Fsp3) is 1.00. The molecule has 0 unspecified atom stereocenters. The largest absolute Gasteiger partial charge is 0.392 e. The minimum Gasteiger partial charge on any atom is -0.392 e. The van der Waals surface area contributed by atoms with Crippen molar-refractivity contribution < 1.29 is 0 Å². The predicted octanol–water partition coefficient (Wildman–Crippen LogP) is -0.650. The van der Waals surface area contributed by atoms with Gasteiger partial charge in [0.25, 0.3) is 0 Å². The molecule has 4 heteroatoms. The Bertz CT molecular complexity index is 117. The average molecular weight is 201 g/mol. The van der Waals surface area contributed by atoms with E-state index >= 15 is 0 Å². The first-order chi connectivity index (χ1) is 6.02. The Labute approximate surface area is 91.3 Å². The van der Waals surface area contributed by atoms with E-state index in [1.807, 2.05) is 0 Å². The Balaban J connectivity index is 3.25. The normalized spacial score (nSPS) is 11.9. The van der Waals surface area contributed by atoms with E-state index < -0.39 is 0 Å². The lowest BCUT2D eigenvalue weighted by Crippen LogP contribution is -2.31. The van der Waals surface area contributed by atoms with Gasteiger partial charge in [-0.25, -0.2) is 0 Å². The molecule has 0 saturated heterocycles. The first-order valence-corrected chi connectivity index (χ1v) is 5.90. The van der Waals surface area contributed by atoms with Gasteiger partial charge in [0.15, 0.2) is 0 Å². The van der Waals surface area contributed by atoms with Crippen LogP contribution in [-0.2, 0) is 0 Å². The van der Waals surface area contributed by atoms with E-state index in [-0.39, 0.29) is 0 Å². The molecule has 0 spiro atoms. The molecule has 3 nitrogen and oxygen atoms in total. The summed E-state index contributed by atoms with van der Waals surface area (Å²) in [5.74, 6) is 0. The van der Waals surface area contributed by atoms with Crippen LogP contribution >= 0.6 is 0 Å². The number of hydrogen-bond donors (Lipinski definition) is 0. The van der Waals surface area contributed by atoms with E-state index in [9.17, 15) is 0 Å². The summed E-state index contributed by atoms with van der Waals surface area (Å²) in [4.78, 5) is 4.66. The smallest absolute Gasteiger partial charge is 0.321 e. The third-order valence-corrected chi connectivity index (χ3v) is 2.52. The highest BCUT2D eigenvalue weighted by Crippen LogP contribution is 1.89. The number of rotatable bonds is 7. The van der Waals surface area contributed by atoms with Crippen LogP contribution in [0, 0.1) is 0 Å². The van der Waals surface area contributed by atoms with Crippen molar-refractivity contribution >= 4 is 16.5 Å². The highest BCUT2D eigenvalue weighted by atomic mass is 27.1. The third kappa shape index (κ3) is 10.3. The van der Waals surface area contributed by atoms with Crippen molar-refractivity contribution in [3.63, 3.8) is 0 Å². The Morgan fingerprint density at radius 2 is 1.46 bits per heavy atom. The summed E-state index contributed by atoms with van der Waals surface area (Å²) >= 11 is 1.18. The van der Waals surface area contributed by atoms with Gasteiger partial charge in [-0.3, -0.25) is 0 Å². The minimum absolute atomic E-state index is 1.18. The molecule has 0 fully saturated rings.